The molecule has 0 fully saturated rings. The van der Waals surface area contributed by atoms with Gasteiger partial charge in [-0.3, -0.25) is 0 Å². The number of hydrogen-bond acceptors (Lipinski definition) is 4. The van der Waals surface area contributed by atoms with Crippen LogP contribution in [0, 0.1) is 0 Å². The summed E-state index contributed by atoms with van der Waals surface area (Å²) in [7, 11) is 1.60. The van der Waals surface area contributed by atoms with Crippen LogP contribution >= 0.6 is 0 Å². The molecule has 0 spiro atoms. The molecule has 0 unspecified atom stereocenters. The van der Waals surface area contributed by atoms with Gasteiger partial charge in [0.25, 0.3) is 0 Å². The Kier molecular flexibility index (Phi) is 3.42. The summed E-state index contributed by atoms with van der Waals surface area (Å²) in [6.07, 6.45) is 0. The summed E-state index contributed by atoms with van der Waals surface area (Å²) in [5.74, 6) is 0.722. The fraction of sp³-hybridized carbons (Fsp3) is 0.455. The lowest BCUT2D eigenvalue weighted by Crippen LogP contribution is -2.35. The molecule has 0 aliphatic rings. The van der Waals surface area contributed by atoms with Gasteiger partial charge in [0.05, 0.1) is 30.6 Å². The first-order chi connectivity index (χ1) is 6.98. The number of benzene rings is 1. The number of nitrogen functional groups attached to an aromatic ring is 1. The van der Waals surface area contributed by atoms with Crippen LogP contribution in [0.15, 0.2) is 18.2 Å². The first-order valence-corrected chi connectivity index (χ1v) is 4.81. The minimum absolute atomic E-state index is 0.0401. The lowest BCUT2D eigenvalue weighted by Gasteiger charge is -2.25. The van der Waals surface area contributed by atoms with Gasteiger partial charge in [-0.25, -0.2) is 0 Å². The average molecular weight is 210 g/mol. The number of nitrogens with two attached hydrogens (primary N) is 1. The third kappa shape index (κ3) is 3.02. The van der Waals surface area contributed by atoms with Gasteiger partial charge in [0, 0.05) is 6.07 Å². The molecule has 1 aromatic carbocycles. The van der Waals surface area contributed by atoms with Gasteiger partial charge >= 0.3 is 0 Å². The highest BCUT2D eigenvalue weighted by Crippen LogP contribution is 2.26. The van der Waals surface area contributed by atoms with Crippen molar-refractivity contribution >= 4 is 11.4 Å². The summed E-state index contributed by atoms with van der Waals surface area (Å²) in [6.45, 7) is 3.84. The Morgan fingerprint density at radius 1 is 1.47 bits per heavy atom. The predicted molar refractivity (Wildman–Crippen MR) is 62.2 cm³/mol. The molecule has 0 aliphatic heterocycles. The van der Waals surface area contributed by atoms with E-state index in [0.29, 0.717) is 5.69 Å². The zero-order valence-corrected chi connectivity index (χ0v) is 9.37. The van der Waals surface area contributed by atoms with Crippen molar-refractivity contribution in [2.45, 2.75) is 19.4 Å². The van der Waals surface area contributed by atoms with E-state index in [1.54, 1.807) is 13.2 Å². The molecule has 84 valence electrons. The maximum Gasteiger partial charge on any atom is 0.121 e. The summed E-state index contributed by atoms with van der Waals surface area (Å²) in [5.41, 5.74) is 6.86. The molecular weight excluding hydrogens is 192 g/mol. The molecule has 0 radical (unpaired) electrons. The van der Waals surface area contributed by atoms with Gasteiger partial charge in [0.15, 0.2) is 0 Å². The van der Waals surface area contributed by atoms with Gasteiger partial charge in [-0.1, -0.05) is 0 Å². The first-order valence-electron chi connectivity index (χ1n) is 4.81. The number of aliphatic hydroxyl groups excluding tert-OH is 1. The van der Waals surface area contributed by atoms with Gasteiger partial charge in [-0.15, -0.1) is 0 Å². The number of aliphatic hydroxyl groups is 1. The van der Waals surface area contributed by atoms with E-state index in [1.807, 2.05) is 26.0 Å². The van der Waals surface area contributed by atoms with Crippen molar-refractivity contribution in [1.82, 2.24) is 0 Å². The highest BCUT2D eigenvalue weighted by atomic mass is 16.5. The van der Waals surface area contributed by atoms with Crippen LogP contribution in [0.3, 0.4) is 0 Å². The molecule has 4 nitrogen and oxygen atoms in total. The molecule has 15 heavy (non-hydrogen) atoms. The molecule has 0 bridgehead atoms. The smallest absolute Gasteiger partial charge is 0.121 e. The van der Waals surface area contributed by atoms with Crippen LogP contribution in [0.5, 0.6) is 5.75 Å². The van der Waals surface area contributed by atoms with E-state index < -0.39 is 0 Å². The molecule has 0 aliphatic carbocycles. The van der Waals surface area contributed by atoms with Crippen molar-refractivity contribution in [3.63, 3.8) is 0 Å². The lowest BCUT2D eigenvalue weighted by atomic mass is 10.1. The standard InChI is InChI=1S/C11H18N2O2/c1-11(2,7-14)13-10-5-4-8(15-3)6-9(10)12/h4-6,13-14H,7,12H2,1-3H3. The Balaban J connectivity index is 2.87. The fourth-order valence-electron chi connectivity index (χ4n) is 1.19. The van der Waals surface area contributed by atoms with Gasteiger partial charge in [-0.05, 0) is 26.0 Å². The molecule has 0 saturated carbocycles. The van der Waals surface area contributed by atoms with Crippen molar-refractivity contribution < 1.29 is 9.84 Å². The summed E-state index contributed by atoms with van der Waals surface area (Å²) in [4.78, 5) is 0. The first kappa shape index (κ1) is 11.7. The predicted octanol–water partition coefficient (Wildman–Crippen LogP) is 1.46. The second-order valence-electron chi connectivity index (χ2n) is 4.12. The van der Waals surface area contributed by atoms with E-state index in [9.17, 15) is 0 Å². The van der Waals surface area contributed by atoms with E-state index in [2.05, 4.69) is 5.32 Å². The summed E-state index contributed by atoms with van der Waals surface area (Å²) >= 11 is 0. The van der Waals surface area contributed by atoms with Gasteiger partial charge in [0.1, 0.15) is 5.75 Å². The lowest BCUT2D eigenvalue weighted by molar-refractivity contribution is 0.234. The van der Waals surface area contributed by atoms with Gasteiger partial charge < -0.3 is 20.9 Å². The molecule has 1 aromatic rings. The zero-order valence-electron chi connectivity index (χ0n) is 9.37. The molecule has 4 N–H and O–H groups in total. The number of ether oxygens (including phenoxy) is 1. The minimum Gasteiger partial charge on any atom is -0.497 e. The molecule has 0 atom stereocenters. The number of methoxy groups -OCH3 is 1. The molecule has 1 rings (SSSR count). The average Bonchev–Trinajstić information content (AvgIpc) is 2.21. The van der Waals surface area contributed by atoms with Crippen molar-refractivity contribution in [3.05, 3.63) is 18.2 Å². The maximum atomic E-state index is 9.12. The van der Waals surface area contributed by atoms with Crippen LogP contribution in [-0.4, -0.2) is 24.4 Å². The molecule has 0 heterocycles. The molecular formula is C11H18N2O2. The third-order valence-corrected chi connectivity index (χ3v) is 2.13. The SMILES string of the molecule is COc1ccc(NC(C)(C)CO)c(N)c1. The van der Waals surface area contributed by atoms with Crippen LogP contribution < -0.4 is 15.8 Å². The summed E-state index contributed by atoms with van der Waals surface area (Å²) in [5, 5.41) is 12.3. The Bertz CT molecular complexity index is 337. The van der Waals surface area contributed by atoms with Crippen LogP contribution in [0.2, 0.25) is 0 Å². The molecule has 0 saturated heterocycles. The van der Waals surface area contributed by atoms with E-state index >= 15 is 0 Å². The highest BCUT2D eigenvalue weighted by molar-refractivity contribution is 5.68. The number of hydrogen-bond donors (Lipinski definition) is 3. The second-order valence-corrected chi connectivity index (χ2v) is 4.12. The van der Waals surface area contributed by atoms with Gasteiger partial charge in [0.2, 0.25) is 0 Å². The van der Waals surface area contributed by atoms with Crippen LogP contribution in [0.4, 0.5) is 11.4 Å². The number of nitrogens with one attached hydrogen (secondary N) is 1. The van der Waals surface area contributed by atoms with Crippen LogP contribution in [0.1, 0.15) is 13.8 Å². The highest BCUT2D eigenvalue weighted by Gasteiger charge is 2.16. The summed E-state index contributed by atoms with van der Waals surface area (Å²) in [6, 6.07) is 5.41. The monoisotopic (exact) mass is 210 g/mol. The number of rotatable bonds is 4. The summed E-state index contributed by atoms with van der Waals surface area (Å²) < 4.78 is 5.05. The van der Waals surface area contributed by atoms with E-state index in [0.717, 1.165) is 11.4 Å². The molecule has 4 heteroatoms. The molecule has 0 aromatic heterocycles. The van der Waals surface area contributed by atoms with Crippen molar-refractivity contribution in [2.75, 3.05) is 24.8 Å². The maximum absolute atomic E-state index is 9.12. The Morgan fingerprint density at radius 2 is 2.13 bits per heavy atom. The van der Waals surface area contributed by atoms with Crippen molar-refractivity contribution in [2.24, 2.45) is 0 Å². The topological polar surface area (TPSA) is 67.5 Å². The van der Waals surface area contributed by atoms with Gasteiger partial charge in [-0.2, -0.15) is 0 Å². The largest absolute Gasteiger partial charge is 0.497 e. The molecule has 0 amide bonds. The van der Waals surface area contributed by atoms with Crippen molar-refractivity contribution in [1.29, 1.82) is 0 Å². The fourth-order valence-corrected chi connectivity index (χ4v) is 1.19. The zero-order chi connectivity index (χ0) is 11.5. The number of anilines is 2. The quantitative estimate of drug-likeness (QED) is 0.658. The van der Waals surface area contributed by atoms with Crippen LogP contribution in [-0.2, 0) is 0 Å². The Labute approximate surface area is 90.1 Å². The normalized spacial score (nSPS) is 11.2. The van der Waals surface area contributed by atoms with Crippen LogP contribution in [0.25, 0.3) is 0 Å². The Morgan fingerprint density at radius 3 is 2.60 bits per heavy atom. The van der Waals surface area contributed by atoms with E-state index in [-0.39, 0.29) is 12.1 Å². The van der Waals surface area contributed by atoms with E-state index in [4.69, 9.17) is 15.6 Å². The van der Waals surface area contributed by atoms with Crippen molar-refractivity contribution in [3.8, 4) is 5.75 Å². The minimum atomic E-state index is -0.386. The Hall–Kier alpha value is -1.42. The second kappa shape index (κ2) is 4.40. The van der Waals surface area contributed by atoms with E-state index in [1.165, 1.54) is 0 Å². The third-order valence-electron chi connectivity index (χ3n) is 2.13.